The maximum absolute atomic E-state index is 8.91. The van der Waals surface area contributed by atoms with Crippen molar-refractivity contribution < 1.29 is 5.11 Å². The van der Waals surface area contributed by atoms with Gasteiger partial charge in [0.05, 0.1) is 0 Å². The molecule has 1 atom stereocenters. The van der Waals surface area contributed by atoms with Crippen LogP contribution in [0.2, 0.25) is 0 Å². The molecular weight excluding hydrogens is 268 g/mol. The second-order valence-corrected chi connectivity index (χ2v) is 5.57. The summed E-state index contributed by atoms with van der Waals surface area (Å²) in [7, 11) is 0. The Hall–Kier alpha value is -1.34. The van der Waals surface area contributed by atoms with E-state index in [1.165, 1.54) is 0 Å². The Labute approximate surface area is 137 Å². The Morgan fingerprint density at radius 1 is 0.682 bits per heavy atom. The van der Waals surface area contributed by atoms with Crippen LogP contribution in [-0.2, 0) is 0 Å². The zero-order valence-electron chi connectivity index (χ0n) is 14.5. The van der Waals surface area contributed by atoms with Crippen molar-refractivity contribution in [2.75, 3.05) is 6.61 Å². The standard InChI is InChI=1S/C21H34O/c1-3-4-5-6-7-8-9-10-11-12-13-14-15-16-17-18-19-21(2)20-22/h4-5,7-8,10-11,13-14,16-17,21-22H,3,6,9,12,15,18-20H2,1-2H3/b5-4-,8-7-,11-10-,14-13-,17-16+. The lowest BCUT2D eigenvalue weighted by Gasteiger charge is -2.03. The largest absolute Gasteiger partial charge is 0.396 e. The number of hydrogen-bond acceptors (Lipinski definition) is 1. The average molecular weight is 303 g/mol. The van der Waals surface area contributed by atoms with Crippen LogP contribution in [0.15, 0.2) is 60.8 Å². The summed E-state index contributed by atoms with van der Waals surface area (Å²) in [6.45, 7) is 4.53. The van der Waals surface area contributed by atoms with Crippen LogP contribution in [0, 0.1) is 5.92 Å². The molecule has 0 fully saturated rings. The minimum absolute atomic E-state index is 0.296. The van der Waals surface area contributed by atoms with E-state index in [0.29, 0.717) is 12.5 Å². The van der Waals surface area contributed by atoms with Crippen molar-refractivity contribution in [3.8, 4) is 0 Å². The fraction of sp³-hybridized carbons (Fsp3) is 0.524. The van der Waals surface area contributed by atoms with Crippen molar-refractivity contribution in [3.63, 3.8) is 0 Å². The van der Waals surface area contributed by atoms with Crippen LogP contribution in [0.3, 0.4) is 0 Å². The van der Waals surface area contributed by atoms with E-state index < -0.39 is 0 Å². The van der Waals surface area contributed by atoms with Gasteiger partial charge in [-0.25, -0.2) is 0 Å². The van der Waals surface area contributed by atoms with Crippen LogP contribution < -0.4 is 0 Å². The van der Waals surface area contributed by atoms with E-state index in [-0.39, 0.29) is 0 Å². The summed E-state index contributed by atoms with van der Waals surface area (Å²) in [5.41, 5.74) is 0. The summed E-state index contributed by atoms with van der Waals surface area (Å²) in [4.78, 5) is 0. The first kappa shape index (κ1) is 20.7. The highest BCUT2D eigenvalue weighted by molar-refractivity contribution is 5.00. The van der Waals surface area contributed by atoms with E-state index >= 15 is 0 Å². The molecule has 1 unspecified atom stereocenters. The molecule has 0 heterocycles. The summed E-state index contributed by atoms with van der Waals surface area (Å²) in [6.07, 6.45) is 29.5. The van der Waals surface area contributed by atoms with Gasteiger partial charge in [0, 0.05) is 6.61 Å². The highest BCUT2D eigenvalue weighted by Gasteiger charge is 1.95. The Bertz CT molecular complexity index is 358. The lowest BCUT2D eigenvalue weighted by Crippen LogP contribution is -1.98. The molecule has 0 saturated carbocycles. The van der Waals surface area contributed by atoms with Gasteiger partial charge >= 0.3 is 0 Å². The van der Waals surface area contributed by atoms with Crippen molar-refractivity contribution in [1.82, 2.24) is 0 Å². The topological polar surface area (TPSA) is 20.2 Å². The molecule has 1 heteroatoms. The molecule has 0 aliphatic carbocycles. The number of aliphatic hydroxyl groups is 1. The van der Waals surface area contributed by atoms with Crippen molar-refractivity contribution in [2.24, 2.45) is 5.92 Å². The Kier molecular flexibility index (Phi) is 16.6. The Morgan fingerprint density at radius 3 is 1.50 bits per heavy atom. The summed E-state index contributed by atoms with van der Waals surface area (Å²) in [6, 6.07) is 0. The maximum atomic E-state index is 8.91. The van der Waals surface area contributed by atoms with Crippen molar-refractivity contribution in [3.05, 3.63) is 60.8 Å². The molecule has 0 rings (SSSR count). The Morgan fingerprint density at radius 2 is 1.09 bits per heavy atom. The van der Waals surface area contributed by atoms with E-state index in [9.17, 15) is 0 Å². The zero-order valence-corrected chi connectivity index (χ0v) is 14.5. The molecule has 0 aromatic carbocycles. The van der Waals surface area contributed by atoms with E-state index in [1.54, 1.807) is 0 Å². The number of allylic oxidation sites excluding steroid dienone is 10. The fourth-order valence-corrected chi connectivity index (χ4v) is 1.84. The predicted octanol–water partition coefficient (Wildman–Crippen LogP) is 6.15. The quantitative estimate of drug-likeness (QED) is 0.405. The Balaban J connectivity index is 3.48. The molecule has 0 aliphatic rings. The van der Waals surface area contributed by atoms with Crippen LogP contribution in [0.1, 0.15) is 58.8 Å². The summed E-state index contributed by atoms with van der Waals surface area (Å²) < 4.78 is 0. The third-order valence-corrected chi connectivity index (χ3v) is 3.30. The van der Waals surface area contributed by atoms with Gasteiger partial charge in [-0.2, -0.15) is 0 Å². The molecule has 1 nitrogen and oxygen atoms in total. The monoisotopic (exact) mass is 302 g/mol. The molecule has 1 N–H and O–H groups in total. The second kappa shape index (κ2) is 17.7. The first-order valence-corrected chi connectivity index (χ1v) is 8.67. The van der Waals surface area contributed by atoms with Gasteiger partial charge in [0.25, 0.3) is 0 Å². The molecule has 22 heavy (non-hydrogen) atoms. The summed E-state index contributed by atoms with van der Waals surface area (Å²) >= 11 is 0. The van der Waals surface area contributed by atoms with Crippen molar-refractivity contribution >= 4 is 0 Å². The van der Waals surface area contributed by atoms with E-state index in [4.69, 9.17) is 5.11 Å². The van der Waals surface area contributed by atoms with E-state index in [0.717, 1.165) is 44.9 Å². The van der Waals surface area contributed by atoms with Gasteiger partial charge in [-0.1, -0.05) is 74.6 Å². The number of rotatable bonds is 13. The predicted molar refractivity (Wildman–Crippen MR) is 99.9 cm³/mol. The van der Waals surface area contributed by atoms with Gasteiger partial charge in [-0.15, -0.1) is 0 Å². The highest BCUT2D eigenvalue weighted by Crippen LogP contribution is 2.05. The van der Waals surface area contributed by atoms with Crippen LogP contribution in [-0.4, -0.2) is 11.7 Å². The highest BCUT2D eigenvalue weighted by atomic mass is 16.3. The van der Waals surface area contributed by atoms with Crippen LogP contribution in [0.25, 0.3) is 0 Å². The number of hydrogen-bond donors (Lipinski definition) is 1. The molecule has 0 radical (unpaired) electrons. The van der Waals surface area contributed by atoms with Crippen LogP contribution >= 0.6 is 0 Å². The van der Waals surface area contributed by atoms with Gasteiger partial charge in [-0.3, -0.25) is 0 Å². The average Bonchev–Trinajstić information content (AvgIpc) is 2.54. The van der Waals surface area contributed by atoms with Crippen LogP contribution in [0.4, 0.5) is 0 Å². The normalized spacial score (nSPS) is 14.5. The van der Waals surface area contributed by atoms with Gasteiger partial charge < -0.3 is 5.11 Å². The lowest BCUT2D eigenvalue weighted by atomic mass is 10.1. The summed E-state index contributed by atoms with van der Waals surface area (Å²) in [5.74, 6) is 0.419. The molecule has 0 aliphatic heterocycles. The minimum atomic E-state index is 0.296. The third-order valence-electron chi connectivity index (χ3n) is 3.30. The SMILES string of the molecule is CC/C=C\C/C=C\C/C=C\C/C=C\C/C=C/CCC(C)CO. The molecule has 0 spiro atoms. The van der Waals surface area contributed by atoms with Gasteiger partial charge in [0.2, 0.25) is 0 Å². The second-order valence-electron chi connectivity index (χ2n) is 5.57. The van der Waals surface area contributed by atoms with Crippen molar-refractivity contribution in [1.29, 1.82) is 0 Å². The molecule has 0 aromatic heterocycles. The van der Waals surface area contributed by atoms with Gasteiger partial charge in [-0.05, 0) is 50.9 Å². The van der Waals surface area contributed by atoms with Gasteiger partial charge in [0.1, 0.15) is 0 Å². The third kappa shape index (κ3) is 16.7. The fourth-order valence-electron chi connectivity index (χ4n) is 1.84. The molecule has 0 bridgehead atoms. The summed E-state index contributed by atoms with van der Waals surface area (Å²) in [5, 5.41) is 8.91. The molecule has 124 valence electrons. The van der Waals surface area contributed by atoms with Crippen LogP contribution in [0.5, 0.6) is 0 Å². The van der Waals surface area contributed by atoms with Crippen molar-refractivity contribution in [2.45, 2.75) is 58.8 Å². The molecule has 0 aromatic rings. The number of aliphatic hydroxyl groups excluding tert-OH is 1. The van der Waals surface area contributed by atoms with E-state index in [1.807, 2.05) is 0 Å². The van der Waals surface area contributed by atoms with Gasteiger partial charge in [0.15, 0.2) is 0 Å². The molecular formula is C21H34O. The lowest BCUT2D eigenvalue weighted by molar-refractivity contribution is 0.231. The zero-order chi connectivity index (χ0) is 16.3. The smallest absolute Gasteiger partial charge is 0.0456 e. The molecule has 0 saturated heterocycles. The molecule has 0 amide bonds. The maximum Gasteiger partial charge on any atom is 0.0456 e. The minimum Gasteiger partial charge on any atom is -0.396 e. The van der Waals surface area contributed by atoms with E-state index in [2.05, 4.69) is 74.6 Å². The first-order chi connectivity index (χ1) is 10.8. The first-order valence-electron chi connectivity index (χ1n) is 8.67.